The van der Waals surface area contributed by atoms with Gasteiger partial charge in [0.2, 0.25) is 0 Å². The maximum atomic E-state index is 12.0. The number of amides is 3. The standard InChI is InChI=1S/C13H22N4O2/c1-5-10-8-11(6-2)17(16-10)9(4)12(18)15-13(19)14-7-3/h8-9H,5-7H2,1-4H3,(H2,14,15,18,19). The first-order chi connectivity index (χ1) is 9.03. The molecule has 0 aliphatic carbocycles. The van der Waals surface area contributed by atoms with E-state index in [2.05, 4.69) is 15.7 Å². The van der Waals surface area contributed by atoms with Gasteiger partial charge in [-0.3, -0.25) is 14.8 Å². The number of rotatable bonds is 5. The molecule has 6 nitrogen and oxygen atoms in total. The third kappa shape index (κ3) is 3.81. The molecule has 0 aromatic carbocycles. The van der Waals surface area contributed by atoms with Crippen molar-refractivity contribution in [2.45, 2.75) is 46.6 Å². The molecular weight excluding hydrogens is 244 g/mol. The zero-order valence-electron chi connectivity index (χ0n) is 12.0. The predicted molar refractivity (Wildman–Crippen MR) is 72.9 cm³/mol. The summed E-state index contributed by atoms with van der Waals surface area (Å²) in [5.74, 6) is -0.355. The minimum atomic E-state index is -0.502. The monoisotopic (exact) mass is 266 g/mol. The average Bonchev–Trinajstić information content (AvgIpc) is 2.81. The number of aryl methyl sites for hydroxylation is 2. The lowest BCUT2D eigenvalue weighted by atomic mass is 10.2. The van der Waals surface area contributed by atoms with Crippen molar-refractivity contribution in [1.29, 1.82) is 0 Å². The van der Waals surface area contributed by atoms with Crippen LogP contribution in [0.1, 0.15) is 45.1 Å². The highest BCUT2D eigenvalue weighted by atomic mass is 16.2. The van der Waals surface area contributed by atoms with E-state index in [4.69, 9.17) is 0 Å². The van der Waals surface area contributed by atoms with E-state index < -0.39 is 12.1 Å². The van der Waals surface area contributed by atoms with Gasteiger partial charge >= 0.3 is 6.03 Å². The van der Waals surface area contributed by atoms with Gasteiger partial charge in [-0.05, 0) is 32.8 Å². The lowest BCUT2D eigenvalue weighted by Gasteiger charge is -2.14. The molecule has 0 saturated heterocycles. The smallest absolute Gasteiger partial charge is 0.321 e. The average molecular weight is 266 g/mol. The van der Waals surface area contributed by atoms with Crippen LogP contribution in [0.15, 0.2) is 6.07 Å². The van der Waals surface area contributed by atoms with E-state index in [1.165, 1.54) is 0 Å². The van der Waals surface area contributed by atoms with Crippen molar-refractivity contribution in [3.05, 3.63) is 17.5 Å². The van der Waals surface area contributed by atoms with Gasteiger partial charge in [0.05, 0.1) is 5.69 Å². The third-order valence-corrected chi connectivity index (χ3v) is 2.91. The summed E-state index contributed by atoms with van der Waals surface area (Å²) in [4.78, 5) is 23.3. The molecule has 0 spiro atoms. The van der Waals surface area contributed by atoms with Crippen LogP contribution in [0.5, 0.6) is 0 Å². The Morgan fingerprint density at radius 1 is 1.32 bits per heavy atom. The van der Waals surface area contributed by atoms with Crippen LogP contribution in [0.2, 0.25) is 0 Å². The quantitative estimate of drug-likeness (QED) is 0.846. The van der Waals surface area contributed by atoms with Gasteiger partial charge in [-0.1, -0.05) is 13.8 Å². The number of nitrogens with one attached hydrogen (secondary N) is 2. The van der Waals surface area contributed by atoms with Crippen molar-refractivity contribution < 1.29 is 9.59 Å². The lowest BCUT2D eigenvalue weighted by molar-refractivity contribution is -0.123. The molecule has 19 heavy (non-hydrogen) atoms. The SMILES string of the molecule is CCNC(=O)NC(=O)C(C)n1nc(CC)cc1CC. The van der Waals surface area contributed by atoms with E-state index in [9.17, 15) is 9.59 Å². The van der Waals surface area contributed by atoms with Crippen molar-refractivity contribution in [3.63, 3.8) is 0 Å². The molecule has 1 rings (SSSR count). The normalized spacial score (nSPS) is 12.0. The highest BCUT2D eigenvalue weighted by Crippen LogP contribution is 2.13. The maximum absolute atomic E-state index is 12.0. The van der Waals surface area contributed by atoms with Crippen LogP contribution in [0.3, 0.4) is 0 Å². The van der Waals surface area contributed by atoms with Crippen LogP contribution in [0, 0.1) is 0 Å². The molecule has 0 aliphatic heterocycles. The Balaban J connectivity index is 2.81. The molecular formula is C13H22N4O2. The molecule has 0 radical (unpaired) electrons. The minimum absolute atomic E-state index is 0.355. The van der Waals surface area contributed by atoms with Crippen LogP contribution < -0.4 is 10.6 Å². The fraction of sp³-hybridized carbons (Fsp3) is 0.615. The number of aromatic nitrogens is 2. The molecule has 0 bridgehead atoms. The summed E-state index contributed by atoms with van der Waals surface area (Å²) in [5.41, 5.74) is 1.95. The Morgan fingerprint density at radius 2 is 2.00 bits per heavy atom. The molecule has 0 fully saturated rings. The number of nitrogens with zero attached hydrogens (tertiary/aromatic N) is 2. The van der Waals surface area contributed by atoms with Crippen LogP contribution in [-0.4, -0.2) is 28.3 Å². The fourth-order valence-electron chi connectivity index (χ4n) is 1.79. The Morgan fingerprint density at radius 3 is 2.53 bits per heavy atom. The number of imide groups is 1. The molecule has 6 heteroatoms. The largest absolute Gasteiger partial charge is 0.338 e. The van der Waals surface area contributed by atoms with Crippen molar-refractivity contribution in [2.75, 3.05) is 6.54 Å². The van der Waals surface area contributed by atoms with Gasteiger partial charge in [0.15, 0.2) is 0 Å². The Labute approximate surface area is 113 Å². The van der Waals surface area contributed by atoms with Crippen molar-refractivity contribution >= 4 is 11.9 Å². The third-order valence-electron chi connectivity index (χ3n) is 2.91. The Bertz CT molecular complexity index is 453. The number of carbonyl (C=O) groups excluding carboxylic acids is 2. The zero-order valence-corrected chi connectivity index (χ0v) is 12.0. The number of carbonyl (C=O) groups is 2. The molecule has 106 valence electrons. The molecule has 1 heterocycles. The second-order valence-corrected chi connectivity index (χ2v) is 4.30. The summed E-state index contributed by atoms with van der Waals surface area (Å²) in [5, 5.41) is 9.23. The molecule has 1 atom stereocenters. The van der Waals surface area contributed by atoms with Gasteiger partial charge in [-0.15, -0.1) is 0 Å². The van der Waals surface area contributed by atoms with Crippen LogP contribution in [-0.2, 0) is 17.6 Å². The number of urea groups is 1. The summed E-state index contributed by atoms with van der Waals surface area (Å²) < 4.78 is 1.69. The first-order valence-corrected chi connectivity index (χ1v) is 6.69. The van der Waals surface area contributed by atoms with Crippen LogP contribution in [0.25, 0.3) is 0 Å². The first kappa shape index (κ1) is 15.2. The summed E-state index contributed by atoms with van der Waals surface area (Å²) >= 11 is 0. The van der Waals surface area contributed by atoms with E-state index in [0.29, 0.717) is 6.54 Å². The number of hydrogen-bond acceptors (Lipinski definition) is 3. The minimum Gasteiger partial charge on any atom is -0.338 e. The second-order valence-electron chi connectivity index (χ2n) is 4.30. The van der Waals surface area contributed by atoms with E-state index in [1.807, 2.05) is 19.9 Å². The van der Waals surface area contributed by atoms with Crippen LogP contribution >= 0.6 is 0 Å². The highest BCUT2D eigenvalue weighted by molar-refractivity contribution is 5.96. The van der Waals surface area contributed by atoms with Gasteiger partial charge < -0.3 is 5.32 Å². The second kappa shape index (κ2) is 6.92. The Hall–Kier alpha value is -1.85. The molecule has 1 aromatic rings. The predicted octanol–water partition coefficient (Wildman–Crippen LogP) is 1.41. The van der Waals surface area contributed by atoms with E-state index in [0.717, 1.165) is 24.2 Å². The molecule has 0 aliphatic rings. The first-order valence-electron chi connectivity index (χ1n) is 6.69. The van der Waals surface area contributed by atoms with Gasteiger partial charge in [-0.2, -0.15) is 5.10 Å². The molecule has 3 amide bonds. The molecule has 2 N–H and O–H groups in total. The lowest BCUT2D eigenvalue weighted by Crippen LogP contribution is -2.42. The number of hydrogen-bond donors (Lipinski definition) is 2. The van der Waals surface area contributed by atoms with E-state index in [-0.39, 0.29) is 5.91 Å². The van der Waals surface area contributed by atoms with Gasteiger partial charge in [-0.25, -0.2) is 4.79 Å². The highest BCUT2D eigenvalue weighted by Gasteiger charge is 2.20. The van der Waals surface area contributed by atoms with Crippen molar-refractivity contribution in [1.82, 2.24) is 20.4 Å². The molecule has 0 saturated carbocycles. The Kier molecular flexibility index (Phi) is 5.54. The van der Waals surface area contributed by atoms with Crippen molar-refractivity contribution in [3.8, 4) is 0 Å². The van der Waals surface area contributed by atoms with Crippen LogP contribution in [0.4, 0.5) is 4.79 Å². The summed E-state index contributed by atoms with van der Waals surface area (Å²) in [7, 11) is 0. The molecule has 1 aromatic heterocycles. The fourth-order valence-corrected chi connectivity index (χ4v) is 1.79. The molecule has 1 unspecified atom stereocenters. The van der Waals surface area contributed by atoms with Gasteiger partial charge in [0.25, 0.3) is 5.91 Å². The summed E-state index contributed by atoms with van der Waals surface area (Å²) in [6.07, 6.45) is 1.62. The topological polar surface area (TPSA) is 76.0 Å². The van der Waals surface area contributed by atoms with Crippen molar-refractivity contribution in [2.24, 2.45) is 0 Å². The van der Waals surface area contributed by atoms with E-state index in [1.54, 1.807) is 18.5 Å². The zero-order chi connectivity index (χ0) is 14.4. The van der Waals surface area contributed by atoms with E-state index >= 15 is 0 Å². The maximum Gasteiger partial charge on any atom is 0.321 e. The summed E-state index contributed by atoms with van der Waals surface area (Å²) in [6, 6.07) is 1.02. The summed E-state index contributed by atoms with van der Waals surface area (Å²) in [6.45, 7) is 8.05. The van der Waals surface area contributed by atoms with Gasteiger partial charge in [0.1, 0.15) is 6.04 Å². The van der Waals surface area contributed by atoms with Gasteiger partial charge in [0, 0.05) is 12.2 Å².